The molecule has 0 atom stereocenters. The quantitative estimate of drug-likeness (QED) is 0.621. The molecule has 4 nitrogen and oxygen atoms in total. The van der Waals surface area contributed by atoms with Crippen LogP contribution in [0.3, 0.4) is 0 Å². The molecule has 0 spiro atoms. The minimum atomic E-state index is -4.58. The second-order valence-electron chi connectivity index (χ2n) is 4.55. The average Bonchev–Trinajstić information content (AvgIpc) is 2.38. The van der Waals surface area contributed by atoms with Crippen molar-refractivity contribution < 1.29 is 18.1 Å². The van der Waals surface area contributed by atoms with Gasteiger partial charge in [0.2, 0.25) is 0 Å². The Morgan fingerprint density at radius 3 is 2.35 bits per heavy atom. The van der Waals surface area contributed by atoms with Crippen LogP contribution in [0.2, 0.25) is 0 Å². The fourth-order valence-electron chi connectivity index (χ4n) is 1.84. The molecule has 0 aliphatic rings. The molecule has 0 bridgehead atoms. The second kappa shape index (κ2) is 6.58. The maximum absolute atomic E-state index is 12.5. The van der Waals surface area contributed by atoms with Crippen LogP contribution in [0, 0.1) is 16.0 Å². The Balaban J connectivity index is 2.99. The van der Waals surface area contributed by atoms with Gasteiger partial charge in [0.1, 0.15) is 5.69 Å². The molecule has 7 heteroatoms. The Morgan fingerprint density at radius 2 is 1.90 bits per heavy atom. The number of nitro groups is 1. The summed E-state index contributed by atoms with van der Waals surface area (Å²) < 4.78 is 37.6. The van der Waals surface area contributed by atoms with Crippen LogP contribution in [-0.2, 0) is 6.18 Å². The molecular formula is C13H17F3N2O2. The zero-order chi connectivity index (χ0) is 15.3. The molecule has 112 valence electrons. The molecule has 0 saturated carbocycles. The monoisotopic (exact) mass is 290 g/mol. The summed E-state index contributed by atoms with van der Waals surface area (Å²) in [5, 5.41) is 13.7. The highest BCUT2D eigenvalue weighted by Gasteiger charge is 2.33. The van der Waals surface area contributed by atoms with Crippen LogP contribution in [0.1, 0.15) is 32.3 Å². The van der Waals surface area contributed by atoms with Gasteiger partial charge in [0.15, 0.2) is 0 Å². The second-order valence-corrected chi connectivity index (χ2v) is 4.55. The van der Waals surface area contributed by atoms with Gasteiger partial charge in [-0.15, -0.1) is 0 Å². The minimum Gasteiger partial charge on any atom is -0.379 e. The fraction of sp³-hybridized carbons (Fsp3) is 0.538. The van der Waals surface area contributed by atoms with Crippen LogP contribution in [-0.4, -0.2) is 11.5 Å². The molecule has 0 aliphatic heterocycles. The zero-order valence-electron chi connectivity index (χ0n) is 11.3. The average molecular weight is 290 g/mol. The lowest BCUT2D eigenvalue weighted by Gasteiger charge is -2.15. The van der Waals surface area contributed by atoms with E-state index in [4.69, 9.17) is 0 Å². The molecule has 20 heavy (non-hydrogen) atoms. The van der Waals surface area contributed by atoms with E-state index in [0.29, 0.717) is 18.5 Å². The van der Waals surface area contributed by atoms with E-state index in [1.54, 1.807) is 0 Å². The molecule has 0 radical (unpaired) electrons. The van der Waals surface area contributed by atoms with E-state index in [9.17, 15) is 23.3 Å². The molecule has 0 saturated heterocycles. The van der Waals surface area contributed by atoms with Crippen molar-refractivity contribution in [3.8, 4) is 0 Å². The molecule has 0 amide bonds. The third-order valence-corrected chi connectivity index (χ3v) is 3.26. The predicted octanol–water partition coefficient (Wildman–Crippen LogP) is 4.46. The summed E-state index contributed by atoms with van der Waals surface area (Å²) in [5.41, 5.74) is -1.45. The summed E-state index contributed by atoms with van der Waals surface area (Å²) >= 11 is 0. The first-order valence-electron chi connectivity index (χ1n) is 6.39. The highest BCUT2D eigenvalue weighted by Crippen LogP contribution is 2.35. The third kappa shape index (κ3) is 4.11. The van der Waals surface area contributed by atoms with Crippen LogP contribution in [0.25, 0.3) is 0 Å². The Hall–Kier alpha value is -1.79. The molecule has 1 aromatic rings. The first-order valence-corrected chi connectivity index (χ1v) is 6.39. The standard InChI is InChI=1S/C13H17F3N2O2/c1-3-9(4-2)8-17-11-6-5-10(13(14,15)16)7-12(11)18(19)20/h5-7,9,17H,3-4,8H2,1-2H3. The van der Waals surface area contributed by atoms with Gasteiger partial charge in [0.25, 0.3) is 5.69 Å². The van der Waals surface area contributed by atoms with E-state index in [-0.39, 0.29) is 5.69 Å². The maximum Gasteiger partial charge on any atom is 0.416 e. The van der Waals surface area contributed by atoms with Crippen molar-refractivity contribution in [1.29, 1.82) is 0 Å². The van der Waals surface area contributed by atoms with Crippen molar-refractivity contribution in [3.05, 3.63) is 33.9 Å². The van der Waals surface area contributed by atoms with Crippen LogP contribution < -0.4 is 5.32 Å². The van der Waals surface area contributed by atoms with Crippen molar-refractivity contribution in [3.63, 3.8) is 0 Å². The van der Waals surface area contributed by atoms with Crippen LogP contribution >= 0.6 is 0 Å². The summed E-state index contributed by atoms with van der Waals surface area (Å²) in [4.78, 5) is 10.1. The summed E-state index contributed by atoms with van der Waals surface area (Å²) in [7, 11) is 0. The molecule has 0 aliphatic carbocycles. The van der Waals surface area contributed by atoms with E-state index in [1.807, 2.05) is 13.8 Å². The van der Waals surface area contributed by atoms with E-state index >= 15 is 0 Å². The number of halogens is 3. The Bertz CT molecular complexity index is 471. The van der Waals surface area contributed by atoms with Gasteiger partial charge in [0.05, 0.1) is 10.5 Å². The van der Waals surface area contributed by atoms with E-state index < -0.39 is 22.4 Å². The first-order chi connectivity index (χ1) is 9.29. The molecule has 1 N–H and O–H groups in total. The molecule has 1 rings (SSSR count). The smallest absolute Gasteiger partial charge is 0.379 e. The highest BCUT2D eigenvalue weighted by atomic mass is 19.4. The predicted molar refractivity (Wildman–Crippen MR) is 70.7 cm³/mol. The molecular weight excluding hydrogens is 273 g/mol. The van der Waals surface area contributed by atoms with Gasteiger partial charge in [-0.25, -0.2) is 0 Å². The molecule has 0 heterocycles. The van der Waals surface area contributed by atoms with Crippen molar-refractivity contribution in [2.75, 3.05) is 11.9 Å². The lowest BCUT2D eigenvalue weighted by Crippen LogP contribution is -2.14. The van der Waals surface area contributed by atoms with Gasteiger partial charge in [-0.05, 0) is 18.1 Å². The number of nitro benzene ring substituents is 1. The summed E-state index contributed by atoms with van der Waals surface area (Å²) in [5.74, 6) is 0.330. The molecule has 0 unspecified atom stereocenters. The number of benzene rings is 1. The normalized spacial score (nSPS) is 11.7. The molecule has 0 fully saturated rings. The van der Waals surface area contributed by atoms with Crippen molar-refractivity contribution >= 4 is 11.4 Å². The number of anilines is 1. The molecule has 1 aromatic carbocycles. The largest absolute Gasteiger partial charge is 0.416 e. The topological polar surface area (TPSA) is 55.2 Å². The fourth-order valence-corrected chi connectivity index (χ4v) is 1.84. The highest BCUT2D eigenvalue weighted by molar-refractivity contribution is 5.62. The van der Waals surface area contributed by atoms with Crippen LogP contribution in [0.4, 0.5) is 24.5 Å². The van der Waals surface area contributed by atoms with Gasteiger partial charge in [-0.2, -0.15) is 13.2 Å². The molecule has 0 aromatic heterocycles. The number of alkyl halides is 3. The van der Waals surface area contributed by atoms with E-state index in [0.717, 1.165) is 25.0 Å². The summed E-state index contributed by atoms with van der Waals surface area (Å²) in [6, 6.07) is 2.53. The van der Waals surface area contributed by atoms with Gasteiger partial charge in [-0.3, -0.25) is 10.1 Å². The SMILES string of the molecule is CCC(CC)CNc1ccc(C(F)(F)F)cc1[N+](=O)[O-]. The Kier molecular flexibility index (Phi) is 5.35. The zero-order valence-corrected chi connectivity index (χ0v) is 11.3. The van der Waals surface area contributed by atoms with Gasteiger partial charge >= 0.3 is 6.18 Å². The van der Waals surface area contributed by atoms with Gasteiger partial charge in [-0.1, -0.05) is 26.7 Å². The lowest BCUT2D eigenvalue weighted by atomic mass is 10.0. The van der Waals surface area contributed by atoms with Crippen molar-refractivity contribution in [2.24, 2.45) is 5.92 Å². The summed E-state index contributed by atoms with van der Waals surface area (Å²) in [6.07, 6.45) is -2.78. The lowest BCUT2D eigenvalue weighted by molar-refractivity contribution is -0.384. The number of rotatable bonds is 6. The Morgan fingerprint density at radius 1 is 1.30 bits per heavy atom. The van der Waals surface area contributed by atoms with Gasteiger partial charge < -0.3 is 5.32 Å². The number of nitrogens with one attached hydrogen (secondary N) is 1. The summed E-state index contributed by atoms with van der Waals surface area (Å²) in [6.45, 7) is 4.49. The van der Waals surface area contributed by atoms with Crippen LogP contribution in [0.5, 0.6) is 0 Å². The third-order valence-electron chi connectivity index (χ3n) is 3.26. The maximum atomic E-state index is 12.5. The van der Waals surface area contributed by atoms with Crippen molar-refractivity contribution in [2.45, 2.75) is 32.9 Å². The number of hydrogen-bond donors (Lipinski definition) is 1. The Labute approximate surface area is 115 Å². The van der Waals surface area contributed by atoms with Crippen LogP contribution in [0.15, 0.2) is 18.2 Å². The van der Waals surface area contributed by atoms with E-state index in [2.05, 4.69) is 5.32 Å². The van der Waals surface area contributed by atoms with E-state index in [1.165, 1.54) is 0 Å². The first kappa shape index (κ1) is 16.3. The number of nitrogens with zero attached hydrogens (tertiary/aromatic N) is 1. The van der Waals surface area contributed by atoms with Gasteiger partial charge in [0, 0.05) is 12.6 Å². The number of hydrogen-bond acceptors (Lipinski definition) is 3. The van der Waals surface area contributed by atoms with Crippen molar-refractivity contribution in [1.82, 2.24) is 0 Å². The minimum absolute atomic E-state index is 0.120.